The Morgan fingerprint density at radius 1 is 1.48 bits per heavy atom. The van der Waals surface area contributed by atoms with Crippen LogP contribution >= 0.6 is 0 Å². The van der Waals surface area contributed by atoms with Crippen molar-refractivity contribution < 1.29 is 23.1 Å². The zero-order chi connectivity index (χ0) is 15.8. The van der Waals surface area contributed by atoms with E-state index in [9.17, 15) is 18.0 Å². The van der Waals surface area contributed by atoms with E-state index >= 15 is 0 Å². The third-order valence-electron chi connectivity index (χ3n) is 3.35. The van der Waals surface area contributed by atoms with Crippen molar-refractivity contribution in [1.82, 2.24) is 9.80 Å². The molecule has 0 saturated carbocycles. The highest BCUT2D eigenvalue weighted by Gasteiger charge is 2.33. The zero-order valence-electron chi connectivity index (χ0n) is 11.6. The van der Waals surface area contributed by atoms with Gasteiger partial charge in [-0.25, -0.2) is 13.2 Å². The van der Waals surface area contributed by atoms with Crippen LogP contribution in [0.5, 0.6) is 0 Å². The normalized spacial score (nSPS) is 21.0. The summed E-state index contributed by atoms with van der Waals surface area (Å²) in [5.74, 6) is -1.81. The Hall–Kier alpha value is -2.16. The number of sulfonamides is 1. The number of aliphatic carboxylic acids is 1. The number of nitrogens with zero attached hydrogens (tertiary/aromatic N) is 3. The van der Waals surface area contributed by atoms with Gasteiger partial charge in [0, 0.05) is 19.8 Å². The van der Waals surface area contributed by atoms with Crippen molar-refractivity contribution >= 4 is 27.7 Å². The van der Waals surface area contributed by atoms with Crippen molar-refractivity contribution in [3.8, 4) is 0 Å². The fourth-order valence-corrected chi connectivity index (χ4v) is 2.90. The molecule has 114 valence electrons. The van der Waals surface area contributed by atoms with Crippen LogP contribution in [0.3, 0.4) is 0 Å². The van der Waals surface area contributed by atoms with E-state index in [1.165, 1.54) is 20.0 Å². The number of rotatable bonds is 3. The van der Waals surface area contributed by atoms with Gasteiger partial charge in [-0.3, -0.25) is 4.79 Å². The average molecular weight is 313 g/mol. The van der Waals surface area contributed by atoms with Crippen molar-refractivity contribution in [3.05, 3.63) is 23.9 Å². The minimum Gasteiger partial charge on any atom is -0.480 e. The molecular weight excluding hydrogens is 298 g/mol. The molecule has 9 heteroatoms. The first-order valence-corrected chi connectivity index (χ1v) is 7.82. The van der Waals surface area contributed by atoms with Gasteiger partial charge in [0.25, 0.3) is 15.9 Å². The SMILES string of the molecule is CC(C(=O)O)N(C)C(=O)C1=CC=CN2CCS(=O)(=O)N=C12. The number of carboxylic acids is 1. The standard InChI is InChI=1S/C12H15N3O5S/c1-8(12(17)18)14(2)11(16)9-4-3-5-15-6-7-21(19,20)13-10(9)15/h3-5,8H,6-7H2,1-2H3,(H,17,18). The van der Waals surface area contributed by atoms with Crippen LogP contribution < -0.4 is 0 Å². The van der Waals surface area contributed by atoms with Gasteiger partial charge < -0.3 is 14.9 Å². The van der Waals surface area contributed by atoms with E-state index in [1.54, 1.807) is 17.2 Å². The highest BCUT2D eigenvalue weighted by Crippen LogP contribution is 2.19. The molecule has 0 aromatic carbocycles. The van der Waals surface area contributed by atoms with Gasteiger partial charge in [0.2, 0.25) is 0 Å². The minimum atomic E-state index is -3.60. The van der Waals surface area contributed by atoms with Crippen LogP contribution in [0.25, 0.3) is 0 Å². The maximum Gasteiger partial charge on any atom is 0.326 e. The molecule has 0 aromatic rings. The van der Waals surface area contributed by atoms with Crippen LogP contribution in [-0.2, 0) is 19.6 Å². The predicted molar refractivity (Wildman–Crippen MR) is 75.0 cm³/mol. The number of amidine groups is 1. The molecule has 21 heavy (non-hydrogen) atoms. The Kier molecular flexibility index (Phi) is 3.86. The van der Waals surface area contributed by atoms with E-state index < -0.39 is 27.9 Å². The van der Waals surface area contributed by atoms with Gasteiger partial charge >= 0.3 is 5.97 Å². The van der Waals surface area contributed by atoms with E-state index in [-0.39, 0.29) is 23.7 Å². The molecule has 0 saturated heterocycles. The quantitative estimate of drug-likeness (QED) is 0.746. The van der Waals surface area contributed by atoms with Crippen molar-refractivity contribution in [2.45, 2.75) is 13.0 Å². The molecule has 0 radical (unpaired) electrons. The second kappa shape index (κ2) is 5.32. The van der Waals surface area contributed by atoms with Crippen LogP contribution in [0.15, 0.2) is 28.3 Å². The zero-order valence-corrected chi connectivity index (χ0v) is 12.4. The third kappa shape index (κ3) is 2.97. The van der Waals surface area contributed by atoms with Crippen LogP contribution in [0.1, 0.15) is 6.92 Å². The number of allylic oxidation sites excluding steroid dienone is 2. The molecule has 2 heterocycles. The predicted octanol–water partition coefficient (Wildman–Crippen LogP) is -0.584. The van der Waals surface area contributed by atoms with Crippen LogP contribution in [-0.4, -0.2) is 66.4 Å². The fraction of sp³-hybridized carbons (Fsp3) is 0.417. The summed E-state index contributed by atoms with van der Waals surface area (Å²) in [4.78, 5) is 25.9. The lowest BCUT2D eigenvalue weighted by Gasteiger charge is -2.31. The second-order valence-corrected chi connectivity index (χ2v) is 6.50. The molecule has 0 spiro atoms. The lowest BCUT2D eigenvalue weighted by Crippen LogP contribution is -2.46. The number of carboxylic acid groups (broad SMARTS) is 1. The molecule has 2 rings (SSSR count). The summed E-state index contributed by atoms with van der Waals surface area (Å²) in [7, 11) is -2.25. The lowest BCUT2D eigenvalue weighted by atomic mass is 10.1. The van der Waals surface area contributed by atoms with Crippen molar-refractivity contribution in [2.75, 3.05) is 19.3 Å². The van der Waals surface area contributed by atoms with Gasteiger partial charge in [-0.2, -0.15) is 0 Å². The Morgan fingerprint density at radius 3 is 2.76 bits per heavy atom. The molecule has 1 N–H and O–H groups in total. The highest BCUT2D eigenvalue weighted by molar-refractivity contribution is 7.90. The molecule has 0 fully saturated rings. The maximum absolute atomic E-state index is 12.4. The Labute approximate surface area is 122 Å². The van der Waals surface area contributed by atoms with Gasteiger partial charge in [-0.1, -0.05) is 0 Å². The van der Waals surface area contributed by atoms with Gasteiger partial charge in [0.05, 0.1) is 11.3 Å². The van der Waals surface area contributed by atoms with E-state index in [0.29, 0.717) is 0 Å². The average Bonchev–Trinajstić information content (AvgIpc) is 2.43. The number of carbonyl (C=O) groups is 2. The number of hydrogen-bond acceptors (Lipinski definition) is 5. The number of hydrogen-bond donors (Lipinski definition) is 1. The van der Waals surface area contributed by atoms with Crippen LogP contribution in [0, 0.1) is 0 Å². The molecule has 1 atom stereocenters. The van der Waals surface area contributed by atoms with Crippen molar-refractivity contribution in [3.63, 3.8) is 0 Å². The number of fused-ring (bicyclic) bond motifs is 1. The molecule has 0 aromatic heterocycles. The molecular formula is C12H15N3O5S. The van der Waals surface area contributed by atoms with E-state index in [4.69, 9.17) is 5.11 Å². The van der Waals surface area contributed by atoms with Gasteiger partial charge in [0.15, 0.2) is 5.84 Å². The van der Waals surface area contributed by atoms with E-state index in [1.807, 2.05) is 0 Å². The number of likely N-dealkylation sites (N-methyl/N-ethyl adjacent to an activating group) is 1. The van der Waals surface area contributed by atoms with Crippen LogP contribution in [0.4, 0.5) is 0 Å². The molecule has 8 nitrogen and oxygen atoms in total. The Bertz CT molecular complexity index is 677. The maximum atomic E-state index is 12.4. The number of amides is 1. The molecule has 1 amide bonds. The summed E-state index contributed by atoms with van der Waals surface area (Å²) < 4.78 is 26.8. The topological polar surface area (TPSA) is 107 Å². The first-order chi connectivity index (χ1) is 9.73. The smallest absolute Gasteiger partial charge is 0.326 e. The third-order valence-corrected chi connectivity index (χ3v) is 4.50. The summed E-state index contributed by atoms with van der Waals surface area (Å²) in [6, 6.07) is -1.03. The summed E-state index contributed by atoms with van der Waals surface area (Å²) in [5.41, 5.74) is 0.0661. The van der Waals surface area contributed by atoms with Gasteiger partial charge in [0.1, 0.15) is 6.04 Å². The Balaban J connectivity index is 2.36. The molecule has 0 aliphatic carbocycles. The largest absolute Gasteiger partial charge is 0.480 e. The molecule has 2 aliphatic heterocycles. The van der Waals surface area contributed by atoms with E-state index in [0.717, 1.165) is 4.90 Å². The van der Waals surface area contributed by atoms with Crippen molar-refractivity contribution in [1.29, 1.82) is 0 Å². The fourth-order valence-electron chi connectivity index (χ4n) is 1.91. The summed E-state index contributed by atoms with van der Waals surface area (Å²) >= 11 is 0. The van der Waals surface area contributed by atoms with E-state index in [2.05, 4.69) is 4.40 Å². The summed E-state index contributed by atoms with van der Waals surface area (Å²) in [5, 5.41) is 8.95. The molecule has 2 aliphatic rings. The van der Waals surface area contributed by atoms with Crippen LogP contribution in [0.2, 0.25) is 0 Å². The molecule has 0 bridgehead atoms. The highest BCUT2D eigenvalue weighted by atomic mass is 32.2. The summed E-state index contributed by atoms with van der Waals surface area (Å²) in [6.45, 7) is 1.58. The monoisotopic (exact) mass is 313 g/mol. The lowest BCUT2D eigenvalue weighted by molar-refractivity contribution is -0.146. The van der Waals surface area contributed by atoms with Crippen molar-refractivity contribution in [2.24, 2.45) is 4.40 Å². The number of carbonyl (C=O) groups excluding carboxylic acids is 1. The minimum absolute atomic E-state index is 0.0400. The first-order valence-electron chi connectivity index (χ1n) is 6.21. The van der Waals surface area contributed by atoms with Gasteiger partial charge in [-0.15, -0.1) is 4.40 Å². The first kappa shape index (κ1) is 15.2. The van der Waals surface area contributed by atoms with Gasteiger partial charge in [-0.05, 0) is 19.1 Å². The Morgan fingerprint density at radius 2 is 2.14 bits per heavy atom. The molecule has 1 unspecified atom stereocenters. The second-order valence-electron chi connectivity index (χ2n) is 4.75. The summed E-state index contributed by atoms with van der Waals surface area (Å²) in [6.07, 6.45) is 4.66.